The van der Waals surface area contributed by atoms with E-state index in [9.17, 15) is 30.4 Å². The SMILES string of the molecule is O=S(=O)(c1c(F)cccc1F)N1CCCC(c2nnc(C(F)(F)F)o2)C1. The highest BCUT2D eigenvalue weighted by Gasteiger charge is 2.40. The second kappa shape index (κ2) is 6.58. The van der Waals surface area contributed by atoms with Crippen LogP contribution in [0.3, 0.4) is 0 Å². The Bertz CT molecular complexity index is 893. The number of hydrogen-bond donors (Lipinski definition) is 0. The van der Waals surface area contributed by atoms with Gasteiger partial charge in [0.1, 0.15) is 11.6 Å². The van der Waals surface area contributed by atoms with Crippen molar-refractivity contribution in [2.45, 2.75) is 29.8 Å². The second-order valence-electron chi connectivity index (χ2n) is 5.70. The number of aromatic nitrogens is 2. The minimum atomic E-state index is -4.82. The van der Waals surface area contributed by atoms with Crippen LogP contribution in [0.2, 0.25) is 0 Å². The van der Waals surface area contributed by atoms with Gasteiger partial charge in [0.2, 0.25) is 15.9 Å². The summed E-state index contributed by atoms with van der Waals surface area (Å²) in [6, 6.07) is 2.65. The van der Waals surface area contributed by atoms with Gasteiger partial charge in [0.15, 0.2) is 4.90 Å². The molecule has 2 aromatic rings. The quantitative estimate of drug-likeness (QED) is 0.745. The highest BCUT2D eigenvalue weighted by molar-refractivity contribution is 7.89. The number of hydrogen-bond acceptors (Lipinski definition) is 5. The van der Waals surface area contributed by atoms with Crippen LogP contribution in [0.1, 0.15) is 30.5 Å². The molecule has 0 N–H and O–H groups in total. The molecule has 1 saturated heterocycles. The third-order valence-electron chi connectivity index (χ3n) is 3.93. The minimum absolute atomic E-state index is 0.0348. The number of rotatable bonds is 3. The molecule has 0 bridgehead atoms. The maximum Gasteiger partial charge on any atom is 0.470 e. The topological polar surface area (TPSA) is 76.3 Å². The van der Waals surface area contributed by atoms with Crippen LogP contribution in [-0.2, 0) is 16.2 Å². The summed E-state index contributed by atoms with van der Waals surface area (Å²) >= 11 is 0. The van der Waals surface area contributed by atoms with Gasteiger partial charge in [-0.05, 0) is 25.0 Å². The first-order valence-electron chi connectivity index (χ1n) is 7.45. The van der Waals surface area contributed by atoms with Gasteiger partial charge in [-0.25, -0.2) is 17.2 Å². The molecule has 1 fully saturated rings. The Morgan fingerprint density at radius 1 is 1.15 bits per heavy atom. The summed E-state index contributed by atoms with van der Waals surface area (Å²) in [5.41, 5.74) is 0. The van der Waals surface area contributed by atoms with Crippen molar-refractivity contribution >= 4 is 10.0 Å². The molecular weight excluding hydrogens is 385 g/mol. The van der Waals surface area contributed by atoms with Gasteiger partial charge < -0.3 is 4.42 Å². The van der Waals surface area contributed by atoms with E-state index >= 15 is 0 Å². The summed E-state index contributed by atoms with van der Waals surface area (Å²) in [5, 5.41) is 6.23. The first kappa shape index (κ1) is 18.7. The summed E-state index contributed by atoms with van der Waals surface area (Å²) in [5.74, 6) is -5.20. The zero-order valence-electron chi connectivity index (χ0n) is 13.0. The maximum absolute atomic E-state index is 13.8. The highest BCUT2D eigenvalue weighted by Crippen LogP contribution is 2.34. The van der Waals surface area contributed by atoms with Crippen LogP contribution in [-0.4, -0.2) is 36.0 Å². The van der Waals surface area contributed by atoms with E-state index in [1.165, 1.54) is 0 Å². The lowest BCUT2D eigenvalue weighted by atomic mass is 10.00. The number of alkyl halides is 3. The van der Waals surface area contributed by atoms with Gasteiger partial charge in [0.05, 0.1) is 5.92 Å². The Morgan fingerprint density at radius 3 is 2.38 bits per heavy atom. The second-order valence-corrected chi connectivity index (χ2v) is 7.57. The van der Waals surface area contributed by atoms with Crippen molar-refractivity contribution in [1.82, 2.24) is 14.5 Å². The molecule has 1 aliphatic heterocycles. The average molecular weight is 397 g/mol. The van der Waals surface area contributed by atoms with Crippen molar-refractivity contribution < 1.29 is 34.8 Å². The van der Waals surface area contributed by atoms with Gasteiger partial charge in [-0.1, -0.05) is 6.07 Å². The molecule has 1 aromatic heterocycles. The fraction of sp³-hybridized carbons (Fsp3) is 0.429. The van der Waals surface area contributed by atoms with Gasteiger partial charge in [-0.15, -0.1) is 10.2 Å². The van der Waals surface area contributed by atoms with Gasteiger partial charge in [-0.3, -0.25) is 0 Å². The predicted molar refractivity (Wildman–Crippen MR) is 76.4 cm³/mol. The van der Waals surface area contributed by atoms with Crippen LogP contribution in [0.25, 0.3) is 0 Å². The number of piperidine rings is 1. The van der Waals surface area contributed by atoms with E-state index in [1.807, 2.05) is 0 Å². The predicted octanol–water partition coefficient (Wildman–Crippen LogP) is 2.93. The van der Waals surface area contributed by atoms with E-state index in [-0.39, 0.29) is 25.4 Å². The van der Waals surface area contributed by atoms with Crippen LogP contribution in [0.15, 0.2) is 27.5 Å². The number of benzene rings is 1. The van der Waals surface area contributed by atoms with E-state index in [0.29, 0.717) is 6.42 Å². The lowest BCUT2D eigenvalue weighted by Crippen LogP contribution is -2.39. The molecule has 0 spiro atoms. The van der Waals surface area contributed by atoms with Crippen molar-refractivity contribution in [2.24, 2.45) is 0 Å². The molecule has 1 aromatic carbocycles. The zero-order valence-corrected chi connectivity index (χ0v) is 13.8. The monoisotopic (exact) mass is 397 g/mol. The Labute approximate surface area is 144 Å². The van der Waals surface area contributed by atoms with Crippen molar-refractivity contribution in [3.05, 3.63) is 41.6 Å². The standard InChI is InChI=1S/C14H12F5N3O3S/c15-9-4-1-5-10(16)11(9)26(23,24)22-6-2-3-8(7-22)12-20-21-13(25-12)14(17,18)19/h1,4-5,8H,2-3,6-7H2. The lowest BCUT2D eigenvalue weighted by Gasteiger charge is -2.30. The van der Waals surface area contributed by atoms with Crippen LogP contribution in [0, 0.1) is 11.6 Å². The summed E-state index contributed by atoms with van der Waals surface area (Å²) in [4.78, 5) is -1.10. The van der Waals surface area contributed by atoms with Crippen molar-refractivity contribution in [2.75, 3.05) is 13.1 Å². The molecule has 3 rings (SSSR count). The van der Waals surface area contributed by atoms with Crippen molar-refractivity contribution in [3.8, 4) is 0 Å². The van der Waals surface area contributed by atoms with Crippen molar-refractivity contribution in [3.63, 3.8) is 0 Å². The molecule has 2 heterocycles. The summed E-state index contributed by atoms with van der Waals surface area (Å²) in [7, 11) is -4.51. The molecule has 12 heteroatoms. The Balaban J connectivity index is 1.88. The Hall–Kier alpha value is -2.08. The highest BCUT2D eigenvalue weighted by atomic mass is 32.2. The molecule has 26 heavy (non-hydrogen) atoms. The first-order valence-corrected chi connectivity index (χ1v) is 8.89. The molecule has 0 amide bonds. The van der Waals surface area contributed by atoms with Gasteiger partial charge in [0.25, 0.3) is 0 Å². The number of nitrogens with zero attached hydrogens (tertiary/aromatic N) is 3. The lowest BCUT2D eigenvalue weighted by molar-refractivity contribution is -0.157. The van der Waals surface area contributed by atoms with Crippen LogP contribution in [0.5, 0.6) is 0 Å². The summed E-state index contributed by atoms with van der Waals surface area (Å²) in [6.07, 6.45) is -4.27. The molecule has 1 atom stereocenters. The molecule has 0 saturated carbocycles. The molecular formula is C14H12F5N3O3S. The van der Waals surface area contributed by atoms with Gasteiger partial charge in [0, 0.05) is 13.1 Å². The fourth-order valence-corrected chi connectivity index (χ4v) is 4.37. The van der Waals surface area contributed by atoms with Crippen LogP contribution in [0.4, 0.5) is 22.0 Å². The largest absolute Gasteiger partial charge is 0.470 e. The zero-order chi connectivity index (χ0) is 19.1. The average Bonchev–Trinajstić information content (AvgIpc) is 3.05. The Morgan fingerprint density at radius 2 is 1.81 bits per heavy atom. The summed E-state index contributed by atoms with van der Waals surface area (Å²) in [6.45, 7) is -0.359. The third-order valence-corrected chi connectivity index (χ3v) is 5.85. The number of sulfonamides is 1. The van der Waals surface area contributed by atoms with E-state index in [2.05, 4.69) is 14.6 Å². The van der Waals surface area contributed by atoms with Crippen molar-refractivity contribution in [1.29, 1.82) is 0 Å². The molecule has 6 nitrogen and oxygen atoms in total. The van der Waals surface area contributed by atoms with E-state index in [0.717, 1.165) is 22.5 Å². The van der Waals surface area contributed by atoms with Crippen LogP contribution < -0.4 is 0 Å². The number of halogens is 5. The minimum Gasteiger partial charge on any atom is -0.417 e. The molecule has 0 radical (unpaired) electrons. The van der Waals surface area contributed by atoms with E-state index in [4.69, 9.17) is 0 Å². The smallest absolute Gasteiger partial charge is 0.417 e. The molecule has 142 valence electrons. The first-order chi connectivity index (χ1) is 12.1. The molecule has 1 unspecified atom stereocenters. The maximum atomic E-state index is 13.8. The normalized spacial score (nSPS) is 19.7. The fourth-order valence-electron chi connectivity index (χ4n) is 2.73. The van der Waals surface area contributed by atoms with E-state index < -0.39 is 44.5 Å². The molecule has 1 aliphatic rings. The Kier molecular flexibility index (Phi) is 4.73. The summed E-state index contributed by atoms with van der Waals surface area (Å²) < 4.78 is 95.9. The van der Waals surface area contributed by atoms with E-state index in [1.54, 1.807) is 0 Å². The van der Waals surface area contributed by atoms with Crippen LogP contribution >= 0.6 is 0 Å². The third kappa shape index (κ3) is 3.43. The molecule has 0 aliphatic carbocycles. The van der Waals surface area contributed by atoms with Gasteiger partial charge in [-0.2, -0.15) is 17.5 Å². The van der Waals surface area contributed by atoms with Gasteiger partial charge >= 0.3 is 12.1 Å².